The van der Waals surface area contributed by atoms with E-state index in [1.165, 1.54) is 74.7 Å². The molecule has 2 aliphatic carbocycles. The molecule has 1 atom stereocenters. The molecule has 1 aromatic carbocycles. The third-order valence-electron chi connectivity index (χ3n) is 5.54. The van der Waals surface area contributed by atoms with Crippen molar-refractivity contribution in [3.8, 4) is 0 Å². The van der Waals surface area contributed by atoms with Gasteiger partial charge in [0.05, 0.1) is 5.69 Å². The van der Waals surface area contributed by atoms with Gasteiger partial charge >= 0.3 is 0 Å². The van der Waals surface area contributed by atoms with Crippen LogP contribution in [0.4, 0.5) is 5.69 Å². The van der Waals surface area contributed by atoms with Crippen molar-refractivity contribution in [2.75, 3.05) is 0 Å². The van der Waals surface area contributed by atoms with Gasteiger partial charge in [0, 0.05) is 17.2 Å². The highest BCUT2D eigenvalue weighted by atomic mass is 14.9. The van der Waals surface area contributed by atoms with Gasteiger partial charge in [-0.3, -0.25) is 5.32 Å². The molecule has 20 heavy (non-hydrogen) atoms. The van der Waals surface area contributed by atoms with E-state index >= 15 is 0 Å². The maximum Gasteiger partial charge on any atom is 0.0708 e. The molecule has 1 aromatic rings. The van der Waals surface area contributed by atoms with Gasteiger partial charge in [-0.15, -0.1) is 0 Å². The molecule has 1 aliphatic heterocycles. The molecule has 0 spiro atoms. The van der Waals surface area contributed by atoms with Crippen molar-refractivity contribution in [2.24, 2.45) is 11.8 Å². The zero-order valence-electron chi connectivity index (χ0n) is 12.3. The lowest BCUT2D eigenvalue weighted by Crippen LogP contribution is -2.22. The molecule has 0 saturated heterocycles. The molecular weight excluding hydrogens is 242 g/mol. The number of nitrogens with zero attached hydrogens (tertiary/aromatic N) is 1. The number of rotatable bonds is 1. The molecule has 105 valence electrons. The molecule has 0 N–H and O–H groups in total. The fraction of sp³-hybridized carbons (Fsp3) is 0.579. The predicted molar refractivity (Wildman–Crippen MR) is 83.7 cm³/mol. The summed E-state index contributed by atoms with van der Waals surface area (Å²) in [4.78, 5) is 0. The average Bonchev–Trinajstić information content (AvgIpc) is 2.68. The highest BCUT2D eigenvalue weighted by Gasteiger charge is 2.35. The first-order chi connectivity index (χ1) is 9.93. The summed E-state index contributed by atoms with van der Waals surface area (Å²) in [5.41, 5.74) is 5.73. The standard InChI is InChI=1S/C19H24N/c1-2-4-9-14(8-3-1)15-11-7-12-17-16-10-5-6-13-18(16)20-19(15)17/h5-6,10,13-15H,1-4,7-9,11-12H2. The van der Waals surface area contributed by atoms with E-state index in [4.69, 9.17) is 5.32 Å². The molecule has 1 heterocycles. The molecule has 1 saturated carbocycles. The molecule has 1 heteroatoms. The number of hydrogen-bond donors (Lipinski definition) is 0. The Balaban J connectivity index is 1.64. The van der Waals surface area contributed by atoms with Gasteiger partial charge in [0.25, 0.3) is 0 Å². The molecule has 1 fully saturated rings. The Labute approximate surface area is 122 Å². The van der Waals surface area contributed by atoms with E-state index in [1.807, 2.05) is 0 Å². The molecule has 0 bridgehead atoms. The summed E-state index contributed by atoms with van der Waals surface area (Å²) in [6.07, 6.45) is 12.6. The van der Waals surface area contributed by atoms with E-state index in [1.54, 1.807) is 5.57 Å². The summed E-state index contributed by atoms with van der Waals surface area (Å²) in [7, 11) is 0. The first-order valence-corrected chi connectivity index (χ1v) is 8.47. The molecule has 1 unspecified atom stereocenters. The van der Waals surface area contributed by atoms with Gasteiger partial charge in [-0.2, -0.15) is 0 Å². The van der Waals surface area contributed by atoms with E-state index in [2.05, 4.69) is 24.3 Å². The zero-order chi connectivity index (χ0) is 13.4. The second kappa shape index (κ2) is 5.27. The summed E-state index contributed by atoms with van der Waals surface area (Å²) in [6.45, 7) is 0. The normalized spacial score (nSPS) is 26.7. The third kappa shape index (κ3) is 2.08. The number of hydrogen-bond acceptors (Lipinski definition) is 0. The Hall–Kier alpha value is -1.24. The van der Waals surface area contributed by atoms with Crippen LogP contribution in [0.3, 0.4) is 0 Å². The summed E-state index contributed by atoms with van der Waals surface area (Å²) < 4.78 is 0. The Morgan fingerprint density at radius 2 is 1.65 bits per heavy atom. The minimum atomic E-state index is 0.754. The predicted octanol–water partition coefficient (Wildman–Crippen LogP) is 5.42. The lowest BCUT2D eigenvalue weighted by Gasteiger charge is -2.31. The fourth-order valence-corrected chi connectivity index (χ4v) is 4.54. The van der Waals surface area contributed by atoms with Gasteiger partial charge in [0.2, 0.25) is 0 Å². The SMILES string of the molecule is c1ccc2c(c1)[N]C1=C2CCCC1C1CCCCCC1. The Bertz CT molecular complexity index is 520. The quantitative estimate of drug-likeness (QED) is 0.603. The molecule has 0 amide bonds. The highest BCUT2D eigenvalue weighted by Crippen LogP contribution is 2.48. The Morgan fingerprint density at radius 3 is 2.50 bits per heavy atom. The molecule has 3 aliphatic rings. The smallest absolute Gasteiger partial charge is 0.0708 e. The van der Waals surface area contributed by atoms with Gasteiger partial charge in [0.1, 0.15) is 0 Å². The number of allylic oxidation sites excluding steroid dienone is 2. The number of para-hydroxylation sites is 1. The van der Waals surface area contributed by atoms with Crippen molar-refractivity contribution < 1.29 is 0 Å². The first-order valence-electron chi connectivity index (χ1n) is 8.47. The maximum absolute atomic E-state index is 5.04. The molecule has 0 aromatic heterocycles. The fourth-order valence-electron chi connectivity index (χ4n) is 4.54. The van der Waals surface area contributed by atoms with Crippen molar-refractivity contribution in [1.82, 2.24) is 5.32 Å². The summed E-state index contributed by atoms with van der Waals surface area (Å²) in [5, 5.41) is 5.04. The monoisotopic (exact) mass is 266 g/mol. The minimum Gasteiger partial charge on any atom is -0.252 e. The van der Waals surface area contributed by atoms with Crippen LogP contribution in [-0.4, -0.2) is 0 Å². The van der Waals surface area contributed by atoms with E-state index in [9.17, 15) is 0 Å². The van der Waals surface area contributed by atoms with Crippen LogP contribution in [0.25, 0.3) is 5.57 Å². The Kier molecular flexibility index (Phi) is 3.29. The van der Waals surface area contributed by atoms with E-state index in [-0.39, 0.29) is 0 Å². The first kappa shape index (κ1) is 12.5. The topological polar surface area (TPSA) is 14.1 Å². The summed E-state index contributed by atoms with van der Waals surface area (Å²) in [5.74, 6) is 1.66. The molecule has 4 rings (SSSR count). The zero-order valence-corrected chi connectivity index (χ0v) is 12.3. The van der Waals surface area contributed by atoms with Crippen molar-refractivity contribution in [3.63, 3.8) is 0 Å². The number of benzene rings is 1. The second-order valence-corrected chi connectivity index (χ2v) is 6.74. The van der Waals surface area contributed by atoms with Crippen LogP contribution in [0, 0.1) is 11.8 Å². The number of fused-ring (bicyclic) bond motifs is 2. The van der Waals surface area contributed by atoms with E-state index in [0.717, 1.165) is 11.8 Å². The summed E-state index contributed by atoms with van der Waals surface area (Å²) >= 11 is 0. The highest BCUT2D eigenvalue weighted by molar-refractivity contribution is 5.82. The third-order valence-corrected chi connectivity index (χ3v) is 5.54. The van der Waals surface area contributed by atoms with Crippen molar-refractivity contribution in [3.05, 3.63) is 35.5 Å². The molecular formula is C19H24N. The average molecular weight is 266 g/mol. The largest absolute Gasteiger partial charge is 0.252 e. The van der Waals surface area contributed by atoms with Gasteiger partial charge in [-0.25, -0.2) is 0 Å². The minimum absolute atomic E-state index is 0.754. The van der Waals surface area contributed by atoms with Crippen LogP contribution in [0.2, 0.25) is 0 Å². The van der Waals surface area contributed by atoms with Gasteiger partial charge in [-0.05, 0) is 49.7 Å². The maximum atomic E-state index is 5.04. The van der Waals surface area contributed by atoms with Crippen LogP contribution < -0.4 is 5.32 Å². The van der Waals surface area contributed by atoms with Crippen LogP contribution in [-0.2, 0) is 0 Å². The van der Waals surface area contributed by atoms with Crippen molar-refractivity contribution in [2.45, 2.75) is 57.8 Å². The second-order valence-electron chi connectivity index (χ2n) is 6.74. The van der Waals surface area contributed by atoms with Crippen LogP contribution in [0.15, 0.2) is 30.0 Å². The van der Waals surface area contributed by atoms with Crippen molar-refractivity contribution >= 4 is 11.3 Å². The van der Waals surface area contributed by atoms with Crippen LogP contribution >= 0.6 is 0 Å². The van der Waals surface area contributed by atoms with Gasteiger partial charge in [0.15, 0.2) is 0 Å². The van der Waals surface area contributed by atoms with Crippen LogP contribution in [0.1, 0.15) is 63.4 Å². The van der Waals surface area contributed by atoms with E-state index in [0.29, 0.717) is 0 Å². The lowest BCUT2D eigenvalue weighted by atomic mass is 9.76. The summed E-state index contributed by atoms with van der Waals surface area (Å²) in [6, 6.07) is 8.76. The van der Waals surface area contributed by atoms with Crippen molar-refractivity contribution in [1.29, 1.82) is 0 Å². The lowest BCUT2D eigenvalue weighted by molar-refractivity contribution is 0.302. The Morgan fingerprint density at radius 1 is 0.850 bits per heavy atom. The van der Waals surface area contributed by atoms with E-state index < -0.39 is 0 Å². The van der Waals surface area contributed by atoms with Gasteiger partial charge < -0.3 is 0 Å². The molecule has 1 nitrogen and oxygen atoms in total. The molecule has 1 radical (unpaired) electrons. The van der Waals surface area contributed by atoms with Gasteiger partial charge in [-0.1, -0.05) is 43.9 Å². The van der Waals surface area contributed by atoms with Crippen LogP contribution in [0.5, 0.6) is 0 Å².